The first-order valence-corrected chi connectivity index (χ1v) is 11.7. The van der Waals surface area contributed by atoms with E-state index in [-0.39, 0.29) is 11.9 Å². The first-order chi connectivity index (χ1) is 13.3. The lowest BCUT2D eigenvalue weighted by atomic mass is 10.1. The summed E-state index contributed by atoms with van der Waals surface area (Å²) in [6, 6.07) is 14.9. The molecule has 1 fully saturated rings. The SMILES string of the molecule is CS(=O)(=O)N1CCC(NC(=O)c2ccccc2OCc2cccc(Br)c2)CC1. The molecule has 6 nitrogen and oxygen atoms in total. The van der Waals surface area contributed by atoms with Crippen molar-refractivity contribution in [1.29, 1.82) is 0 Å². The zero-order valence-electron chi connectivity index (χ0n) is 15.6. The van der Waals surface area contributed by atoms with Crippen LogP contribution in [0.1, 0.15) is 28.8 Å². The highest BCUT2D eigenvalue weighted by Crippen LogP contribution is 2.21. The molecule has 1 N–H and O–H groups in total. The van der Waals surface area contributed by atoms with Gasteiger partial charge in [0.05, 0.1) is 11.8 Å². The van der Waals surface area contributed by atoms with Crippen molar-refractivity contribution in [1.82, 2.24) is 9.62 Å². The highest BCUT2D eigenvalue weighted by Gasteiger charge is 2.26. The van der Waals surface area contributed by atoms with Crippen LogP contribution in [0.2, 0.25) is 0 Å². The maximum absolute atomic E-state index is 12.7. The molecule has 150 valence electrons. The maximum atomic E-state index is 12.7. The number of benzene rings is 2. The summed E-state index contributed by atoms with van der Waals surface area (Å²) in [6.07, 6.45) is 2.41. The van der Waals surface area contributed by atoms with Gasteiger partial charge in [-0.15, -0.1) is 0 Å². The predicted molar refractivity (Wildman–Crippen MR) is 112 cm³/mol. The number of carbonyl (C=O) groups is 1. The van der Waals surface area contributed by atoms with E-state index < -0.39 is 10.0 Å². The van der Waals surface area contributed by atoms with E-state index in [1.54, 1.807) is 18.2 Å². The Morgan fingerprint density at radius 1 is 1.18 bits per heavy atom. The van der Waals surface area contributed by atoms with Gasteiger partial charge in [-0.05, 0) is 42.7 Å². The second kappa shape index (κ2) is 9.07. The Bertz CT molecular complexity index is 941. The molecule has 0 radical (unpaired) electrons. The summed E-state index contributed by atoms with van der Waals surface area (Å²) in [5.41, 5.74) is 1.47. The fraction of sp³-hybridized carbons (Fsp3) is 0.350. The lowest BCUT2D eigenvalue weighted by Gasteiger charge is -2.30. The number of nitrogens with one attached hydrogen (secondary N) is 1. The average Bonchev–Trinajstić information content (AvgIpc) is 2.66. The van der Waals surface area contributed by atoms with Crippen LogP contribution in [-0.4, -0.2) is 44.0 Å². The highest BCUT2D eigenvalue weighted by atomic mass is 79.9. The summed E-state index contributed by atoms with van der Waals surface area (Å²) in [5, 5.41) is 3.01. The molecule has 0 bridgehead atoms. The number of amides is 1. The Labute approximate surface area is 174 Å². The van der Waals surface area contributed by atoms with Crippen molar-refractivity contribution in [2.24, 2.45) is 0 Å². The predicted octanol–water partition coefficient (Wildman–Crippen LogP) is 3.18. The van der Waals surface area contributed by atoms with Crippen LogP contribution in [0.4, 0.5) is 0 Å². The Kier molecular flexibility index (Phi) is 6.74. The molecule has 2 aromatic rings. The number of piperidine rings is 1. The summed E-state index contributed by atoms with van der Waals surface area (Å²) in [4.78, 5) is 12.7. The molecule has 0 unspecified atom stereocenters. The number of carbonyl (C=O) groups excluding carboxylic acids is 1. The molecule has 0 saturated carbocycles. The largest absolute Gasteiger partial charge is 0.488 e. The van der Waals surface area contributed by atoms with Crippen LogP contribution in [0.15, 0.2) is 53.0 Å². The molecule has 0 atom stereocenters. The summed E-state index contributed by atoms with van der Waals surface area (Å²) in [6.45, 7) is 1.20. The minimum atomic E-state index is -3.18. The zero-order chi connectivity index (χ0) is 20.1. The summed E-state index contributed by atoms with van der Waals surface area (Å²) in [7, 11) is -3.18. The Hall–Kier alpha value is -1.90. The Morgan fingerprint density at radius 3 is 2.57 bits per heavy atom. The first-order valence-electron chi connectivity index (χ1n) is 9.05. The van der Waals surface area contributed by atoms with Gasteiger partial charge in [0, 0.05) is 23.6 Å². The normalized spacial score (nSPS) is 15.9. The van der Waals surface area contributed by atoms with E-state index >= 15 is 0 Å². The number of sulfonamides is 1. The van der Waals surface area contributed by atoms with Crippen LogP contribution in [0.25, 0.3) is 0 Å². The molecule has 3 rings (SSSR count). The summed E-state index contributed by atoms with van der Waals surface area (Å²) < 4.78 is 31.5. The number of halogens is 1. The third-order valence-corrected chi connectivity index (χ3v) is 6.47. The van der Waals surface area contributed by atoms with E-state index in [1.807, 2.05) is 30.3 Å². The fourth-order valence-corrected chi connectivity index (χ4v) is 4.48. The molecule has 1 amide bonds. The molecule has 1 saturated heterocycles. The molecule has 8 heteroatoms. The van der Waals surface area contributed by atoms with Crippen LogP contribution in [0.5, 0.6) is 5.75 Å². The molecule has 28 heavy (non-hydrogen) atoms. The molecule has 2 aromatic carbocycles. The molecular weight excluding hydrogens is 444 g/mol. The van der Waals surface area contributed by atoms with Crippen molar-refractivity contribution < 1.29 is 17.9 Å². The van der Waals surface area contributed by atoms with Crippen LogP contribution in [0, 0.1) is 0 Å². The highest BCUT2D eigenvalue weighted by molar-refractivity contribution is 9.10. The van der Waals surface area contributed by atoms with Gasteiger partial charge < -0.3 is 10.1 Å². The number of hydrogen-bond donors (Lipinski definition) is 1. The van der Waals surface area contributed by atoms with Crippen molar-refractivity contribution in [3.8, 4) is 5.75 Å². The van der Waals surface area contributed by atoms with Gasteiger partial charge in [-0.25, -0.2) is 12.7 Å². The minimum absolute atomic E-state index is 0.0522. The summed E-state index contributed by atoms with van der Waals surface area (Å²) in [5.74, 6) is 0.316. The van der Waals surface area contributed by atoms with Gasteiger partial charge in [0.15, 0.2) is 0 Å². The lowest BCUT2D eigenvalue weighted by molar-refractivity contribution is 0.0919. The first kappa shape index (κ1) is 20.8. The van der Waals surface area contributed by atoms with E-state index in [0.29, 0.717) is 43.9 Å². The number of para-hydroxylation sites is 1. The standard InChI is InChI=1S/C20H23BrN2O4S/c1-28(25,26)23-11-9-17(10-12-23)22-20(24)18-7-2-3-8-19(18)27-14-15-5-4-6-16(21)13-15/h2-8,13,17H,9-12,14H2,1H3,(H,22,24). The minimum Gasteiger partial charge on any atom is -0.488 e. The number of ether oxygens (including phenoxy) is 1. The van der Waals surface area contributed by atoms with E-state index in [0.717, 1.165) is 10.0 Å². The third-order valence-electron chi connectivity index (χ3n) is 4.67. The van der Waals surface area contributed by atoms with E-state index in [1.165, 1.54) is 10.6 Å². The molecule has 1 aliphatic heterocycles. The quantitative estimate of drug-likeness (QED) is 0.708. The fourth-order valence-electron chi connectivity index (χ4n) is 3.16. The van der Waals surface area contributed by atoms with Crippen molar-refractivity contribution in [3.63, 3.8) is 0 Å². The van der Waals surface area contributed by atoms with Crippen molar-refractivity contribution >= 4 is 31.9 Å². The van der Waals surface area contributed by atoms with Crippen molar-refractivity contribution in [2.45, 2.75) is 25.5 Å². The Morgan fingerprint density at radius 2 is 1.89 bits per heavy atom. The lowest BCUT2D eigenvalue weighted by Crippen LogP contribution is -2.46. The molecule has 1 heterocycles. The van der Waals surface area contributed by atoms with Gasteiger partial charge in [0.2, 0.25) is 10.0 Å². The molecular formula is C20H23BrN2O4S. The third kappa shape index (κ3) is 5.56. The van der Waals surface area contributed by atoms with Gasteiger partial charge in [-0.2, -0.15) is 0 Å². The molecule has 0 aliphatic carbocycles. The Balaban J connectivity index is 1.61. The smallest absolute Gasteiger partial charge is 0.255 e. The van der Waals surface area contributed by atoms with E-state index in [4.69, 9.17) is 4.74 Å². The zero-order valence-corrected chi connectivity index (χ0v) is 18.0. The summed E-state index contributed by atoms with van der Waals surface area (Å²) >= 11 is 3.44. The van der Waals surface area contributed by atoms with Crippen LogP contribution in [-0.2, 0) is 16.6 Å². The van der Waals surface area contributed by atoms with Crippen LogP contribution < -0.4 is 10.1 Å². The number of rotatable bonds is 6. The van der Waals surface area contributed by atoms with Crippen molar-refractivity contribution in [2.75, 3.05) is 19.3 Å². The monoisotopic (exact) mass is 466 g/mol. The number of nitrogens with zero attached hydrogens (tertiary/aromatic N) is 1. The molecule has 0 aromatic heterocycles. The average molecular weight is 467 g/mol. The van der Waals surface area contributed by atoms with Gasteiger partial charge in [0.1, 0.15) is 12.4 Å². The van der Waals surface area contributed by atoms with E-state index in [9.17, 15) is 13.2 Å². The van der Waals surface area contributed by atoms with E-state index in [2.05, 4.69) is 21.2 Å². The van der Waals surface area contributed by atoms with Gasteiger partial charge in [-0.3, -0.25) is 4.79 Å². The molecule has 1 aliphatic rings. The number of hydrogen-bond acceptors (Lipinski definition) is 4. The van der Waals surface area contributed by atoms with Crippen molar-refractivity contribution in [3.05, 3.63) is 64.1 Å². The van der Waals surface area contributed by atoms with Gasteiger partial charge in [-0.1, -0.05) is 40.2 Å². The van der Waals surface area contributed by atoms with Gasteiger partial charge in [0.25, 0.3) is 5.91 Å². The van der Waals surface area contributed by atoms with Gasteiger partial charge >= 0.3 is 0 Å². The maximum Gasteiger partial charge on any atom is 0.255 e. The van der Waals surface area contributed by atoms with Crippen LogP contribution >= 0.6 is 15.9 Å². The topological polar surface area (TPSA) is 75.7 Å². The molecule has 0 spiro atoms. The second-order valence-corrected chi connectivity index (χ2v) is 9.72. The van der Waals surface area contributed by atoms with Crippen LogP contribution in [0.3, 0.4) is 0 Å². The second-order valence-electron chi connectivity index (χ2n) is 6.82.